The molecule has 1 aliphatic rings. The number of anilines is 1. The smallest absolute Gasteiger partial charge is 0.203 e. The lowest BCUT2D eigenvalue weighted by Crippen LogP contribution is -2.34. The van der Waals surface area contributed by atoms with Gasteiger partial charge in [0, 0.05) is 25.3 Å². The van der Waals surface area contributed by atoms with Gasteiger partial charge in [0.2, 0.25) is 5.95 Å². The lowest BCUT2D eigenvalue weighted by atomic mass is 10.1. The van der Waals surface area contributed by atoms with Crippen molar-refractivity contribution in [3.8, 4) is 0 Å². The van der Waals surface area contributed by atoms with Crippen molar-refractivity contribution in [2.24, 2.45) is 0 Å². The number of hydrogen-bond donors (Lipinski definition) is 1. The van der Waals surface area contributed by atoms with E-state index in [2.05, 4.69) is 46.7 Å². The van der Waals surface area contributed by atoms with Gasteiger partial charge in [-0.1, -0.05) is 19.8 Å². The van der Waals surface area contributed by atoms with Gasteiger partial charge in [0.05, 0.1) is 5.69 Å². The van der Waals surface area contributed by atoms with Gasteiger partial charge >= 0.3 is 0 Å². The predicted molar refractivity (Wildman–Crippen MR) is 85.4 cm³/mol. The van der Waals surface area contributed by atoms with Gasteiger partial charge in [0.25, 0.3) is 0 Å². The van der Waals surface area contributed by atoms with Crippen molar-refractivity contribution in [1.29, 1.82) is 0 Å². The van der Waals surface area contributed by atoms with Crippen LogP contribution in [0.5, 0.6) is 0 Å². The molecule has 2 rings (SSSR count). The van der Waals surface area contributed by atoms with Crippen molar-refractivity contribution in [2.45, 2.75) is 58.9 Å². The Morgan fingerprint density at radius 1 is 1.30 bits per heavy atom. The number of nitrogens with zero attached hydrogens (tertiary/aromatic N) is 3. The highest BCUT2D eigenvalue weighted by Gasteiger charge is 2.17. The van der Waals surface area contributed by atoms with E-state index < -0.39 is 0 Å². The summed E-state index contributed by atoms with van der Waals surface area (Å²) >= 11 is 0. The van der Waals surface area contributed by atoms with Crippen LogP contribution in [0.3, 0.4) is 0 Å². The summed E-state index contributed by atoms with van der Waals surface area (Å²) in [5, 5.41) is 3.49. The van der Waals surface area contributed by atoms with Crippen LogP contribution < -0.4 is 5.32 Å². The zero-order valence-corrected chi connectivity index (χ0v) is 13.4. The fraction of sp³-hybridized carbons (Fsp3) is 0.812. The first-order valence-corrected chi connectivity index (χ1v) is 8.22. The van der Waals surface area contributed by atoms with Crippen molar-refractivity contribution < 1.29 is 0 Å². The molecule has 1 aromatic heterocycles. The average Bonchev–Trinajstić information content (AvgIpc) is 2.81. The number of aromatic nitrogens is 2. The highest BCUT2D eigenvalue weighted by Crippen LogP contribution is 2.19. The van der Waals surface area contributed by atoms with E-state index >= 15 is 0 Å². The van der Waals surface area contributed by atoms with E-state index in [9.17, 15) is 0 Å². The van der Waals surface area contributed by atoms with E-state index in [0.717, 1.165) is 24.7 Å². The van der Waals surface area contributed by atoms with Crippen LogP contribution in [0.25, 0.3) is 0 Å². The van der Waals surface area contributed by atoms with Crippen molar-refractivity contribution >= 4 is 5.95 Å². The molecule has 0 saturated carbocycles. The normalized spacial score (nSPS) is 18.1. The monoisotopic (exact) mass is 278 g/mol. The second-order valence-electron chi connectivity index (χ2n) is 6.10. The van der Waals surface area contributed by atoms with Crippen molar-refractivity contribution in [2.75, 3.05) is 31.5 Å². The number of imidazole rings is 1. The molecule has 0 spiro atoms. The maximum absolute atomic E-state index is 4.63. The Kier molecular flexibility index (Phi) is 5.89. The number of unbranched alkanes of at least 4 members (excludes halogenated alkanes) is 1. The number of aryl methyl sites for hydroxylation is 1. The molecule has 0 amide bonds. The van der Waals surface area contributed by atoms with Gasteiger partial charge in [0.1, 0.15) is 0 Å². The molecule has 0 bridgehead atoms. The Bertz CT molecular complexity index is 393. The summed E-state index contributed by atoms with van der Waals surface area (Å²) in [5.41, 5.74) is 1.11. The molecule has 1 unspecified atom stereocenters. The van der Waals surface area contributed by atoms with Crippen LogP contribution >= 0.6 is 0 Å². The van der Waals surface area contributed by atoms with Crippen LogP contribution in [0.4, 0.5) is 5.95 Å². The topological polar surface area (TPSA) is 33.1 Å². The second-order valence-corrected chi connectivity index (χ2v) is 6.10. The van der Waals surface area contributed by atoms with E-state index in [1.165, 1.54) is 45.2 Å². The highest BCUT2D eigenvalue weighted by atomic mass is 15.2. The lowest BCUT2D eigenvalue weighted by Gasteiger charge is -2.30. The van der Waals surface area contributed by atoms with Gasteiger partial charge in [0.15, 0.2) is 0 Å². The van der Waals surface area contributed by atoms with Gasteiger partial charge in [-0.3, -0.25) is 0 Å². The second kappa shape index (κ2) is 7.67. The Balaban J connectivity index is 1.94. The molecule has 1 saturated heterocycles. The number of likely N-dealkylation sites (tertiary alicyclic amines) is 1. The summed E-state index contributed by atoms with van der Waals surface area (Å²) in [6.07, 6.45) is 8.72. The van der Waals surface area contributed by atoms with Gasteiger partial charge < -0.3 is 14.8 Å². The van der Waals surface area contributed by atoms with E-state index in [-0.39, 0.29) is 0 Å². The molecular formula is C16H30N4. The fourth-order valence-corrected chi connectivity index (χ4v) is 2.96. The first-order chi connectivity index (χ1) is 9.70. The average molecular weight is 278 g/mol. The molecule has 1 fully saturated rings. The maximum Gasteiger partial charge on any atom is 0.203 e. The molecule has 114 valence electrons. The lowest BCUT2D eigenvalue weighted by molar-refractivity contribution is 0.202. The standard InChI is InChI=1S/C16H30N4/c1-4-5-9-17-16-18-14(2)12-20(16)15(3)13-19-10-7-6-8-11-19/h12,15H,4-11,13H2,1-3H3,(H,17,18). The Labute approximate surface area is 123 Å². The minimum Gasteiger partial charge on any atom is -0.356 e. The Hall–Kier alpha value is -1.03. The van der Waals surface area contributed by atoms with Crippen LogP contribution in [-0.4, -0.2) is 40.6 Å². The van der Waals surface area contributed by atoms with Crippen LogP contribution in [-0.2, 0) is 0 Å². The van der Waals surface area contributed by atoms with Crippen LogP contribution in [0.2, 0.25) is 0 Å². The molecule has 1 atom stereocenters. The van der Waals surface area contributed by atoms with Gasteiger partial charge in [-0.15, -0.1) is 0 Å². The molecule has 1 N–H and O–H groups in total. The fourth-order valence-electron chi connectivity index (χ4n) is 2.96. The SMILES string of the molecule is CCCCNc1nc(C)cn1C(C)CN1CCCCC1. The third-order valence-electron chi connectivity index (χ3n) is 4.11. The first-order valence-electron chi connectivity index (χ1n) is 8.22. The van der Waals surface area contributed by atoms with E-state index in [1.807, 2.05) is 0 Å². The molecule has 1 aliphatic heterocycles. The minimum atomic E-state index is 0.485. The number of rotatable bonds is 7. The zero-order chi connectivity index (χ0) is 14.4. The molecule has 0 aliphatic carbocycles. The van der Waals surface area contributed by atoms with Crippen molar-refractivity contribution in [3.05, 3.63) is 11.9 Å². The van der Waals surface area contributed by atoms with E-state index in [0.29, 0.717) is 6.04 Å². The summed E-state index contributed by atoms with van der Waals surface area (Å²) < 4.78 is 2.32. The third kappa shape index (κ3) is 4.23. The third-order valence-corrected chi connectivity index (χ3v) is 4.11. The van der Waals surface area contributed by atoms with Crippen molar-refractivity contribution in [1.82, 2.24) is 14.5 Å². The molecular weight excluding hydrogens is 248 g/mol. The highest BCUT2D eigenvalue weighted by molar-refractivity contribution is 5.29. The molecule has 4 nitrogen and oxygen atoms in total. The summed E-state index contributed by atoms with van der Waals surface area (Å²) in [5.74, 6) is 1.04. The molecule has 4 heteroatoms. The quantitative estimate of drug-likeness (QED) is 0.776. The molecule has 20 heavy (non-hydrogen) atoms. The Morgan fingerprint density at radius 3 is 2.75 bits per heavy atom. The van der Waals surface area contributed by atoms with Gasteiger partial charge in [-0.05, 0) is 46.2 Å². The Morgan fingerprint density at radius 2 is 2.05 bits per heavy atom. The van der Waals surface area contributed by atoms with Crippen LogP contribution in [0.15, 0.2) is 6.20 Å². The largest absolute Gasteiger partial charge is 0.356 e. The summed E-state index contributed by atoms with van der Waals surface area (Å²) in [6, 6.07) is 0.485. The van der Waals surface area contributed by atoms with Crippen LogP contribution in [0.1, 0.15) is 57.7 Å². The predicted octanol–water partition coefficient (Wildman–Crippen LogP) is 3.45. The summed E-state index contributed by atoms with van der Waals surface area (Å²) in [6.45, 7) is 11.3. The minimum absolute atomic E-state index is 0.485. The summed E-state index contributed by atoms with van der Waals surface area (Å²) in [7, 11) is 0. The van der Waals surface area contributed by atoms with Gasteiger partial charge in [-0.25, -0.2) is 4.98 Å². The van der Waals surface area contributed by atoms with Crippen molar-refractivity contribution in [3.63, 3.8) is 0 Å². The maximum atomic E-state index is 4.63. The molecule has 0 aromatic carbocycles. The number of piperidine rings is 1. The van der Waals surface area contributed by atoms with E-state index in [4.69, 9.17) is 0 Å². The number of hydrogen-bond acceptors (Lipinski definition) is 3. The molecule has 1 aromatic rings. The molecule has 0 radical (unpaired) electrons. The number of nitrogens with one attached hydrogen (secondary N) is 1. The first kappa shape index (κ1) is 15.4. The van der Waals surface area contributed by atoms with E-state index in [1.54, 1.807) is 0 Å². The zero-order valence-electron chi connectivity index (χ0n) is 13.4. The summed E-state index contributed by atoms with van der Waals surface area (Å²) in [4.78, 5) is 7.23. The van der Waals surface area contributed by atoms with Crippen LogP contribution in [0, 0.1) is 6.92 Å². The molecule has 2 heterocycles. The van der Waals surface area contributed by atoms with Gasteiger partial charge in [-0.2, -0.15) is 0 Å².